The summed E-state index contributed by atoms with van der Waals surface area (Å²) in [5, 5.41) is 3.12. The first-order chi connectivity index (χ1) is 11.3. The molecule has 120 valence electrons. The summed E-state index contributed by atoms with van der Waals surface area (Å²) in [7, 11) is 0. The van der Waals surface area contributed by atoms with Crippen LogP contribution in [0.5, 0.6) is 0 Å². The molecule has 6 nitrogen and oxygen atoms in total. The standard InChI is InChI=1S/C17H21N5O/c1-2-21-10-12-22(13-11-21)16(23)15-8-9-18-17(20-15)19-14-6-4-3-5-7-14/h3-9H,2,10-13H2,1H3,(H,18,19,20). The minimum atomic E-state index is -0.0285. The van der Waals surface area contributed by atoms with Crippen LogP contribution in [-0.2, 0) is 0 Å². The lowest BCUT2D eigenvalue weighted by Gasteiger charge is -2.33. The lowest BCUT2D eigenvalue weighted by atomic mass is 10.2. The Morgan fingerprint density at radius 3 is 2.57 bits per heavy atom. The number of nitrogens with zero attached hydrogens (tertiary/aromatic N) is 4. The Labute approximate surface area is 136 Å². The summed E-state index contributed by atoms with van der Waals surface area (Å²) in [6.45, 7) is 6.51. The number of amides is 1. The number of hydrogen-bond donors (Lipinski definition) is 1. The summed E-state index contributed by atoms with van der Waals surface area (Å²) in [5.74, 6) is 0.411. The smallest absolute Gasteiger partial charge is 0.272 e. The molecule has 2 aromatic rings. The third-order valence-electron chi connectivity index (χ3n) is 4.01. The first kappa shape index (κ1) is 15.4. The van der Waals surface area contributed by atoms with E-state index >= 15 is 0 Å². The number of carbonyl (C=O) groups is 1. The van der Waals surface area contributed by atoms with Crippen molar-refractivity contribution < 1.29 is 4.79 Å². The lowest BCUT2D eigenvalue weighted by Crippen LogP contribution is -2.48. The van der Waals surface area contributed by atoms with Crippen molar-refractivity contribution in [2.45, 2.75) is 6.92 Å². The number of likely N-dealkylation sites (N-methyl/N-ethyl adjacent to an activating group) is 1. The molecule has 0 radical (unpaired) electrons. The van der Waals surface area contributed by atoms with Gasteiger partial charge in [-0.05, 0) is 24.7 Å². The molecular formula is C17H21N5O. The average Bonchev–Trinajstić information content (AvgIpc) is 2.62. The van der Waals surface area contributed by atoms with Crippen LogP contribution in [0.15, 0.2) is 42.6 Å². The van der Waals surface area contributed by atoms with Gasteiger partial charge in [0.2, 0.25) is 5.95 Å². The van der Waals surface area contributed by atoms with Gasteiger partial charge in [0, 0.05) is 38.1 Å². The van der Waals surface area contributed by atoms with E-state index in [-0.39, 0.29) is 5.91 Å². The predicted octanol–water partition coefficient (Wildman–Crippen LogP) is 2.00. The summed E-state index contributed by atoms with van der Waals surface area (Å²) >= 11 is 0. The number of para-hydroxylation sites is 1. The number of carbonyl (C=O) groups excluding carboxylic acids is 1. The number of aromatic nitrogens is 2. The Morgan fingerprint density at radius 1 is 1.13 bits per heavy atom. The second-order valence-electron chi connectivity index (χ2n) is 5.48. The highest BCUT2D eigenvalue weighted by molar-refractivity contribution is 5.92. The highest BCUT2D eigenvalue weighted by Crippen LogP contribution is 2.13. The molecule has 1 saturated heterocycles. The van der Waals surface area contributed by atoms with Crippen molar-refractivity contribution in [1.82, 2.24) is 19.8 Å². The van der Waals surface area contributed by atoms with Crippen LogP contribution in [0.4, 0.5) is 11.6 Å². The molecule has 0 saturated carbocycles. The highest BCUT2D eigenvalue weighted by atomic mass is 16.2. The van der Waals surface area contributed by atoms with Crippen LogP contribution in [0, 0.1) is 0 Å². The number of piperazine rings is 1. The van der Waals surface area contributed by atoms with Gasteiger partial charge < -0.3 is 15.1 Å². The third kappa shape index (κ3) is 3.84. The topological polar surface area (TPSA) is 61.4 Å². The zero-order valence-electron chi connectivity index (χ0n) is 13.3. The normalized spacial score (nSPS) is 15.4. The summed E-state index contributed by atoms with van der Waals surface area (Å²) in [6, 6.07) is 11.4. The van der Waals surface area contributed by atoms with E-state index < -0.39 is 0 Å². The van der Waals surface area contributed by atoms with Crippen molar-refractivity contribution in [2.24, 2.45) is 0 Å². The van der Waals surface area contributed by atoms with E-state index in [0.717, 1.165) is 38.4 Å². The van der Waals surface area contributed by atoms with Crippen molar-refractivity contribution in [1.29, 1.82) is 0 Å². The quantitative estimate of drug-likeness (QED) is 0.936. The van der Waals surface area contributed by atoms with Gasteiger partial charge in [-0.15, -0.1) is 0 Å². The van der Waals surface area contributed by atoms with E-state index in [0.29, 0.717) is 11.6 Å². The number of hydrogen-bond acceptors (Lipinski definition) is 5. The molecule has 0 bridgehead atoms. The third-order valence-corrected chi connectivity index (χ3v) is 4.01. The molecule has 0 unspecified atom stereocenters. The molecule has 1 amide bonds. The first-order valence-electron chi connectivity index (χ1n) is 7.93. The summed E-state index contributed by atoms with van der Waals surface area (Å²) in [5.41, 5.74) is 1.33. The van der Waals surface area contributed by atoms with Crippen molar-refractivity contribution in [3.8, 4) is 0 Å². The van der Waals surface area contributed by atoms with Crippen molar-refractivity contribution in [3.05, 3.63) is 48.3 Å². The number of rotatable bonds is 4. The fourth-order valence-corrected chi connectivity index (χ4v) is 2.62. The summed E-state index contributed by atoms with van der Waals surface area (Å²) < 4.78 is 0. The second kappa shape index (κ2) is 7.19. The molecular weight excluding hydrogens is 290 g/mol. The maximum atomic E-state index is 12.6. The summed E-state index contributed by atoms with van der Waals surface area (Å²) in [6.07, 6.45) is 1.62. The summed E-state index contributed by atoms with van der Waals surface area (Å²) in [4.78, 5) is 25.3. The Balaban J connectivity index is 1.68. The van der Waals surface area contributed by atoms with Gasteiger partial charge in [0.25, 0.3) is 5.91 Å². The van der Waals surface area contributed by atoms with Crippen LogP contribution in [0.3, 0.4) is 0 Å². The van der Waals surface area contributed by atoms with Gasteiger partial charge in [0.05, 0.1) is 0 Å². The average molecular weight is 311 g/mol. The van der Waals surface area contributed by atoms with Crippen molar-refractivity contribution in [3.63, 3.8) is 0 Å². The number of anilines is 2. The minimum Gasteiger partial charge on any atom is -0.335 e. The second-order valence-corrected chi connectivity index (χ2v) is 5.48. The van der Waals surface area contributed by atoms with Crippen LogP contribution in [0.25, 0.3) is 0 Å². The van der Waals surface area contributed by atoms with Gasteiger partial charge in [-0.1, -0.05) is 25.1 Å². The molecule has 1 aliphatic heterocycles. The van der Waals surface area contributed by atoms with Crippen LogP contribution >= 0.6 is 0 Å². The van der Waals surface area contributed by atoms with Gasteiger partial charge in [0.1, 0.15) is 5.69 Å². The van der Waals surface area contributed by atoms with E-state index in [9.17, 15) is 4.79 Å². The molecule has 0 atom stereocenters. The van der Waals surface area contributed by atoms with E-state index in [4.69, 9.17) is 0 Å². The van der Waals surface area contributed by atoms with Crippen molar-refractivity contribution >= 4 is 17.5 Å². The van der Waals surface area contributed by atoms with Crippen molar-refractivity contribution in [2.75, 3.05) is 38.0 Å². The molecule has 3 rings (SSSR count). The molecule has 1 N–H and O–H groups in total. The largest absolute Gasteiger partial charge is 0.335 e. The van der Waals surface area contributed by atoms with E-state index in [1.807, 2.05) is 35.2 Å². The number of nitrogens with one attached hydrogen (secondary N) is 1. The number of benzene rings is 1. The van der Waals surface area contributed by atoms with Gasteiger partial charge in [-0.3, -0.25) is 4.79 Å². The van der Waals surface area contributed by atoms with E-state index in [2.05, 4.69) is 27.1 Å². The highest BCUT2D eigenvalue weighted by Gasteiger charge is 2.22. The Bertz CT molecular complexity index is 653. The molecule has 6 heteroatoms. The van der Waals surface area contributed by atoms with Crippen LogP contribution < -0.4 is 5.32 Å². The van der Waals surface area contributed by atoms with Crippen LogP contribution in [0.1, 0.15) is 17.4 Å². The maximum Gasteiger partial charge on any atom is 0.272 e. The van der Waals surface area contributed by atoms with Gasteiger partial charge in [-0.25, -0.2) is 9.97 Å². The van der Waals surface area contributed by atoms with E-state index in [1.54, 1.807) is 12.3 Å². The molecule has 1 fully saturated rings. The Morgan fingerprint density at radius 2 is 1.87 bits per heavy atom. The van der Waals surface area contributed by atoms with E-state index in [1.165, 1.54) is 0 Å². The fraction of sp³-hybridized carbons (Fsp3) is 0.353. The SMILES string of the molecule is CCN1CCN(C(=O)c2ccnc(Nc3ccccc3)n2)CC1. The zero-order chi connectivity index (χ0) is 16.1. The predicted molar refractivity (Wildman–Crippen MR) is 89.8 cm³/mol. The molecule has 0 spiro atoms. The van der Waals surface area contributed by atoms with Crippen LogP contribution in [0.2, 0.25) is 0 Å². The monoisotopic (exact) mass is 311 g/mol. The first-order valence-corrected chi connectivity index (χ1v) is 7.93. The molecule has 1 aromatic heterocycles. The molecule has 1 aliphatic rings. The molecule has 2 heterocycles. The van der Waals surface area contributed by atoms with Crippen LogP contribution in [-0.4, -0.2) is 58.4 Å². The Kier molecular flexibility index (Phi) is 4.83. The maximum absolute atomic E-state index is 12.6. The lowest BCUT2D eigenvalue weighted by molar-refractivity contribution is 0.0637. The van der Waals surface area contributed by atoms with Gasteiger partial charge in [0.15, 0.2) is 0 Å². The van der Waals surface area contributed by atoms with Gasteiger partial charge in [-0.2, -0.15) is 0 Å². The Hall–Kier alpha value is -2.47. The fourth-order valence-electron chi connectivity index (χ4n) is 2.62. The molecule has 1 aromatic carbocycles. The molecule has 0 aliphatic carbocycles. The van der Waals surface area contributed by atoms with Gasteiger partial charge >= 0.3 is 0 Å². The zero-order valence-corrected chi connectivity index (χ0v) is 13.3. The minimum absolute atomic E-state index is 0.0285. The molecule has 23 heavy (non-hydrogen) atoms.